The summed E-state index contributed by atoms with van der Waals surface area (Å²) in [5.74, 6) is -1.56. The maximum Gasteiger partial charge on any atom is 0.330 e. The fourth-order valence-corrected chi connectivity index (χ4v) is 3.26. The van der Waals surface area contributed by atoms with Gasteiger partial charge in [-0.3, -0.25) is 14.5 Å². The summed E-state index contributed by atoms with van der Waals surface area (Å²) in [6, 6.07) is 15.2. The highest BCUT2D eigenvalue weighted by atomic mass is 16.5. The zero-order valence-electron chi connectivity index (χ0n) is 16.4. The van der Waals surface area contributed by atoms with Gasteiger partial charge in [-0.15, -0.1) is 0 Å². The Morgan fingerprint density at radius 2 is 1.69 bits per heavy atom. The maximum absolute atomic E-state index is 12.8. The molecule has 2 aromatic rings. The van der Waals surface area contributed by atoms with Crippen molar-refractivity contribution in [2.75, 3.05) is 18.6 Å². The molecule has 7 heteroatoms. The highest BCUT2D eigenvalue weighted by Gasteiger charge is 2.54. The van der Waals surface area contributed by atoms with Gasteiger partial charge in [-0.1, -0.05) is 30.3 Å². The molecule has 0 aliphatic carbocycles. The first-order valence-electron chi connectivity index (χ1n) is 9.38. The second-order valence-corrected chi connectivity index (χ2v) is 6.56. The highest BCUT2D eigenvalue weighted by molar-refractivity contribution is 6.11. The number of esters is 2. The molecule has 0 N–H and O–H groups in total. The number of rotatable bonds is 8. The Morgan fingerprint density at radius 3 is 2.31 bits per heavy atom. The fraction of sp³-hybridized carbons (Fsp3) is 0.318. The Hall–Kier alpha value is -3.35. The van der Waals surface area contributed by atoms with Gasteiger partial charge in [-0.25, -0.2) is 4.79 Å². The van der Waals surface area contributed by atoms with Gasteiger partial charge in [0.15, 0.2) is 0 Å². The van der Waals surface area contributed by atoms with Gasteiger partial charge < -0.3 is 14.2 Å². The summed E-state index contributed by atoms with van der Waals surface area (Å²) >= 11 is 0. The van der Waals surface area contributed by atoms with Gasteiger partial charge in [0.25, 0.3) is 0 Å². The van der Waals surface area contributed by atoms with Crippen molar-refractivity contribution in [2.45, 2.75) is 26.0 Å². The molecule has 0 unspecified atom stereocenters. The van der Waals surface area contributed by atoms with E-state index in [9.17, 15) is 14.4 Å². The molecule has 1 amide bonds. The summed E-state index contributed by atoms with van der Waals surface area (Å²) in [5.41, 5.74) is 1.38. The predicted octanol–water partition coefficient (Wildman–Crippen LogP) is 2.72. The van der Waals surface area contributed by atoms with Gasteiger partial charge in [-0.05, 0) is 36.8 Å². The van der Waals surface area contributed by atoms with Gasteiger partial charge in [-0.2, -0.15) is 0 Å². The Balaban J connectivity index is 1.77. The van der Waals surface area contributed by atoms with E-state index in [1.807, 2.05) is 30.3 Å². The topological polar surface area (TPSA) is 82.1 Å². The number of hydrogen-bond donors (Lipinski definition) is 0. The van der Waals surface area contributed by atoms with E-state index >= 15 is 0 Å². The molecule has 0 spiro atoms. The van der Waals surface area contributed by atoms with Gasteiger partial charge >= 0.3 is 11.9 Å². The molecule has 1 aliphatic heterocycles. The first-order chi connectivity index (χ1) is 14.0. The fourth-order valence-electron chi connectivity index (χ4n) is 3.26. The molecule has 2 atom stereocenters. The summed E-state index contributed by atoms with van der Waals surface area (Å²) in [4.78, 5) is 38.8. The number of amides is 1. The Bertz CT molecular complexity index is 865. The van der Waals surface area contributed by atoms with Crippen molar-refractivity contribution in [3.63, 3.8) is 0 Å². The zero-order chi connectivity index (χ0) is 20.8. The summed E-state index contributed by atoms with van der Waals surface area (Å²) in [6.07, 6.45) is -0.162. The first kappa shape index (κ1) is 20.4. The molecule has 152 valence electrons. The SMILES string of the molecule is CCOC(=O)C[C@@H]1C(=O)N(c2ccc(OC)cc2)[C@@H]1C(=O)OCc1ccccc1. The Kier molecular flexibility index (Phi) is 6.49. The third-order valence-electron chi connectivity index (χ3n) is 4.72. The molecule has 0 bridgehead atoms. The molecule has 0 radical (unpaired) electrons. The van der Waals surface area contributed by atoms with Crippen molar-refractivity contribution in [3.8, 4) is 5.75 Å². The van der Waals surface area contributed by atoms with E-state index in [4.69, 9.17) is 14.2 Å². The van der Waals surface area contributed by atoms with Crippen LogP contribution in [0.2, 0.25) is 0 Å². The monoisotopic (exact) mass is 397 g/mol. The number of anilines is 1. The zero-order valence-corrected chi connectivity index (χ0v) is 16.4. The molecule has 0 saturated carbocycles. The molecule has 29 heavy (non-hydrogen) atoms. The third-order valence-corrected chi connectivity index (χ3v) is 4.72. The second kappa shape index (κ2) is 9.23. The molecule has 1 heterocycles. The average Bonchev–Trinajstić information content (AvgIpc) is 2.75. The van der Waals surface area contributed by atoms with Crippen LogP contribution in [0.4, 0.5) is 5.69 Å². The number of hydrogen-bond acceptors (Lipinski definition) is 6. The van der Waals surface area contributed by atoms with Crippen molar-refractivity contribution in [3.05, 3.63) is 60.2 Å². The quantitative estimate of drug-likeness (QED) is 0.503. The lowest BCUT2D eigenvalue weighted by Crippen LogP contribution is -2.65. The minimum absolute atomic E-state index is 0.0902. The van der Waals surface area contributed by atoms with E-state index in [2.05, 4.69) is 0 Å². The molecular formula is C22H23NO6. The van der Waals surface area contributed by atoms with Crippen LogP contribution in [-0.2, 0) is 30.5 Å². The highest BCUT2D eigenvalue weighted by Crippen LogP contribution is 2.36. The number of nitrogens with zero attached hydrogens (tertiary/aromatic N) is 1. The number of carbonyl (C=O) groups excluding carboxylic acids is 3. The average molecular weight is 397 g/mol. The lowest BCUT2D eigenvalue weighted by molar-refractivity contribution is -0.158. The van der Waals surface area contributed by atoms with Crippen LogP contribution in [0.5, 0.6) is 5.75 Å². The molecule has 2 aromatic carbocycles. The van der Waals surface area contributed by atoms with Crippen LogP contribution in [0, 0.1) is 5.92 Å². The van der Waals surface area contributed by atoms with Crippen LogP contribution < -0.4 is 9.64 Å². The van der Waals surface area contributed by atoms with Gasteiger partial charge in [0.05, 0.1) is 26.1 Å². The number of carbonyl (C=O) groups is 3. The number of ether oxygens (including phenoxy) is 3. The van der Waals surface area contributed by atoms with Crippen LogP contribution in [0.25, 0.3) is 0 Å². The molecular weight excluding hydrogens is 374 g/mol. The standard InChI is InChI=1S/C22H23NO6/c1-3-28-19(24)13-18-20(22(26)29-14-15-7-5-4-6-8-15)23(21(18)25)16-9-11-17(27-2)12-10-16/h4-12,18,20H,3,13-14H2,1-2H3/t18-,20-/m0/s1. The van der Waals surface area contributed by atoms with E-state index in [1.54, 1.807) is 38.3 Å². The normalized spacial score (nSPS) is 18.0. The van der Waals surface area contributed by atoms with E-state index in [-0.39, 0.29) is 25.5 Å². The summed E-state index contributed by atoms with van der Waals surface area (Å²) < 4.78 is 15.5. The predicted molar refractivity (Wildman–Crippen MR) is 105 cm³/mol. The van der Waals surface area contributed by atoms with Gasteiger partial charge in [0.1, 0.15) is 18.4 Å². The second-order valence-electron chi connectivity index (χ2n) is 6.56. The van der Waals surface area contributed by atoms with E-state index in [1.165, 1.54) is 4.90 Å². The summed E-state index contributed by atoms with van der Waals surface area (Å²) in [5, 5.41) is 0. The van der Waals surface area contributed by atoms with Crippen LogP contribution in [0.3, 0.4) is 0 Å². The molecule has 7 nitrogen and oxygen atoms in total. The molecule has 3 rings (SSSR count). The third kappa shape index (κ3) is 4.56. The number of benzene rings is 2. The minimum Gasteiger partial charge on any atom is -0.497 e. The Morgan fingerprint density at radius 1 is 1.00 bits per heavy atom. The van der Waals surface area contributed by atoms with Gasteiger partial charge in [0.2, 0.25) is 5.91 Å². The van der Waals surface area contributed by atoms with Crippen molar-refractivity contribution >= 4 is 23.5 Å². The molecule has 1 fully saturated rings. The van der Waals surface area contributed by atoms with Crippen LogP contribution >= 0.6 is 0 Å². The Labute approximate surface area is 169 Å². The lowest BCUT2D eigenvalue weighted by atomic mass is 9.84. The first-order valence-corrected chi connectivity index (χ1v) is 9.38. The van der Waals surface area contributed by atoms with E-state index in [0.29, 0.717) is 11.4 Å². The van der Waals surface area contributed by atoms with Crippen LogP contribution in [0.15, 0.2) is 54.6 Å². The van der Waals surface area contributed by atoms with Crippen molar-refractivity contribution in [1.29, 1.82) is 0 Å². The van der Waals surface area contributed by atoms with Crippen LogP contribution in [0.1, 0.15) is 18.9 Å². The number of β-lactam (4-membered cyclic amide) rings is 1. The minimum atomic E-state index is -0.885. The van der Waals surface area contributed by atoms with Crippen molar-refractivity contribution in [2.24, 2.45) is 5.92 Å². The lowest BCUT2D eigenvalue weighted by Gasteiger charge is -2.44. The largest absolute Gasteiger partial charge is 0.497 e. The van der Waals surface area contributed by atoms with Gasteiger partial charge in [0, 0.05) is 5.69 Å². The smallest absolute Gasteiger partial charge is 0.330 e. The van der Waals surface area contributed by atoms with Crippen molar-refractivity contribution < 1.29 is 28.6 Å². The van der Waals surface area contributed by atoms with Crippen molar-refractivity contribution in [1.82, 2.24) is 0 Å². The maximum atomic E-state index is 12.8. The van der Waals surface area contributed by atoms with E-state index < -0.39 is 23.9 Å². The summed E-state index contributed by atoms with van der Waals surface area (Å²) in [6.45, 7) is 1.99. The summed E-state index contributed by atoms with van der Waals surface area (Å²) in [7, 11) is 1.54. The van der Waals surface area contributed by atoms with Crippen LogP contribution in [-0.4, -0.2) is 37.6 Å². The molecule has 1 aliphatic rings. The molecule has 1 saturated heterocycles. The van der Waals surface area contributed by atoms with E-state index in [0.717, 1.165) is 5.56 Å². The number of methoxy groups -OCH3 is 1. The molecule has 0 aromatic heterocycles.